The number of ether oxygens (including phenoxy) is 2. The lowest BCUT2D eigenvalue weighted by atomic mass is 10.1. The Bertz CT molecular complexity index is 421. The van der Waals surface area contributed by atoms with Gasteiger partial charge in [-0.2, -0.15) is 0 Å². The minimum Gasteiger partial charge on any atom is -0.482 e. The first kappa shape index (κ1) is 15.8. The molecule has 5 heteroatoms. The lowest BCUT2D eigenvalue weighted by molar-refractivity contribution is -0.146. The molecule has 1 aromatic rings. The molecule has 0 heterocycles. The fourth-order valence-corrected chi connectivity index (χ4v) is 1.70. The molecule has 19 heavy (non-hydrogen) atoms. The van der Waals surface area contributed by atoms with Gasteiger partial charge in [0.05, 0.1) is 6.61 Å². The van der Waals surface area contributed by atoms with E-state index in [1.54, 1.807) is 18.2 Å². The van der Waals surface area contributed by atoms with E-state index in [0.717, 1.165) is 18.4 Å². The summed E-state index contributed by atoms with van der Waals surface area (Å²) in [4.78, 5) is 11.4. The van der Waals surface area contributed by atoms with Gasteiger partial charge in [-0.3, -0.25) is 0 Å². The number of hydrogen-bond donors (Lipinski definition) is 1. The Morgan fingerprint density at radius 3 is 2.84 bits per heavy atom. The van der Waals surface area contributed by atoms with Crippen molar-refractivity contribution in [3.63, 3.8) is 0 Å². The monoisotopic (exact) mass is 285 g/mol. The van der Waals surface area contributed by atoms with E-state index in [2.05, 4.69) is 0 Å². The number of unbranched alkanes of at least 4 members (excludes halogenated alkanes) is 1. The van der Waals surface area contributed by atoms with Gasteiger partial charge in [0.2, 0.25) is 0 Å². The Morgan fingerprint density at radius 2 is 2.21 bits per heavy atom. The summed E-state index contributed by atoms with van der Waals surface area (Å²) in [5.74, 6) is 0.186. The zero-order chi connectivity index (χ0) is 14.3. The maximum atomic E-state index is 11.4. The molecule has 1 unspecified atom stereocenters. The third-order valence-electron chi connectivity index (χ3n) is 2.57. The molecule has 1 atom stereocenters. The zero-order valence-electron chi connectivity index (χ0n) is 11.3. The molecular formula is C14H20ClNO3. The van der Waals surface area contributed by atoms with Crippen LogP contribution in [0.25, 0.3) is 0 Å². The van der Waals surface area contributed by atoms with E-state index >= 15 is 0 Å². The van der Waals surface area contributed by atoms with Crippen molar-refractivity contribution in [3.8, 4) is 5.75 Å². The van der Waals surface area contributed by atoms with Gasteiger partial charge >= 0.3 is 5.97 Å². The zero-order valence-corrected chi connectivity index (χ0v) is 12.1. The number of rotatable bonds is 7. The summed E-state index contributed by atoms with van der Waals surface area (Å²) in [6, 6.07) is 4.93. The molecule has 0 aliphatic rings. The smallest absolute Gasteiger partial charge is 0.344 e. The van der Waals surface area contributed by atoms with E-state index in [-0.39, 0.29) is 18.6 Å². The van der Waals surface area contributed by atoms with Crippen LogP contribution in [0.2, 0.25) is 5.02 Å². The predicted molar refractivity (Wildman–Crippen MR) is 75.4 cm³/mol. The van der Waals surface area contributed by atoms with Crippen molar-refractivity contribution in [2.75, 3.05) is 13.2 Å². The van der Waals surface area contributed by atoms with Crippen LogP contribution >= 0.6 is 11.6 Å². The van der Waals surface area contributed by atoms with Crippen LogP contribution in [0.1, 0.15) is 38.3 Å². The first-order valence-electron chi connectivity index (χ1n) is 6.38. The first-order valence-corrected chi connectivity index (χ1v) is 6.75. The number of carbonyl (C=O) groups is 1. The maximum Gasteiger partial charge on any atom is 0.344 e. The van der Waals surface area contributed by atoms with E-state index in [0.29, 0.717) is 17.4 Å². The molecule has 0 aliphatic heterocycles. The SMILES string of the molecule is CCCCOC(=O)COc1ccc(Cl)cc1C(C)N. The molecule has 2 N–H and O–H groups in total. The van der Waals surface area contributed by atoms with Gasteiger partial charge in [-0.1, -0.05) is 24.9 Å². The van der Waals surface area contributed by atoms with E-state index in [9.17, 15) is 4.79 Å². The Labute approximate surface area is 118 Å². The Balaban J connectivity index is 2.55. The standard InChI is InChI=1S/C14H20ClNO3/c1-3-4-7-18-14(17)9-19-13-6-5-11(15)8-12(13)10(2)16/h5-6,8,10H,3-4,7,9,16H2,1-2H3. The van der Waals surface area contributed by atoms with Gasteiger partial charge in [-0.25, -0.2) is 4.79 Å². The predicted octanol–water partition coefficient (Wildman–Crippen LogP) is 3.08. The van der Waals surface area contributed by atoms with Crippen LogP contribution in [0.5, 0.6) is 5.75 Å². The number of carbonyl (C=O) groups excluding carboxylic acids is 1. The molecular weight excluding hydrogens is 266 g/mol. The van der Waals surface area contributed by atoms with E-state index in [4.69, 9.17) is 26.8 Å². The summed E-state index contributed by atoms with van der Waals surface area (Å²) in [6.07, 6.45) is 1.85. The molecule has 0 fully saturated rings. The number of hydrogen-bond acceptors (Lipinski definition) is 4. The second kappa shape index (κ2) is 8.02. The van der Waals surface area contributed by atoms with E-state index in [1.807, 2.05) is 13.8 Å². The van der Waals surface area contributed by atoms with Gasteiger partial charge in [-0.15, -0.1) is 0 Å². The normalized spacial score (nSPS) is 12.0. The Kier molecular flexibility index (Phi) is 6.67. The summed E-state index contributed by atoms with van der Waals surface area (Å²) in [6.45, 7) is 4.18. The highest BCUT2D eigenvalue weighted by atomic mass is 35.5. The minimum atomic E-state index is -0.376. The van der Waals surface area contributed by atoms with Gasteiger partial charge in [0.1, 0.15) is 5.75 Å². The molecule has 0 aromatic heterocycles. The molecule has 0 spiro atoms. The van der Waals surface area contributed by atoms with Gasteiger partial charge in [0, 0.05) is 16.6 Å². The molecule has 0 saturated carbocycles. The molecule has 106 valence electrons. The fraction of sp³-hybridized carbons (Fsp3) is 0.500. The molecule has 0 bridgehead atoms. The molecule has 4 nitrogen and oxygen atoms in total. The van der Waals surface area contributed by atoms with Crippen molar-refractivity contribution in [1.29, 1.82) is 0 Å². The van der Waals surface area contributed by atoms with Gasteiger partial charge in [0.25, 0.3) is 0 Å². The van der Waals surface area contributed by atoms with Crippen molar-refractivity contribution in [2.45, 2.75) is 32.7 Å². The summed E-state index contributed by atoms with van der Waals surface area (Å²) in [5, 5.41) is 0.588. The van der Waals surface area contributed by atoms with Crippen molar-refractivity contribution in [1.82, 2.24) is 0 Å². The van der Waals surface area contributed by atoms with Crippen molar-refractivity contribution < 1.29 is 14.3 Å². The van der Waals surface area contributed by atoms with Crippen LogP contribution in [-0.4, -0.2) is 19.2 Å². The van der Waals surface area contributed by atoms with Crippen LogP contribution in [0.3, 0.4) is 0 Å². The van der Waals surface area contributed by atoms with E-state index < -0.39 is 0 Å². The average molecular weight is 286 g/mol. The number of benzene rings is 1. The van der Waals surface area contributed by atoms with E-state index in [1.165, 1.54) is 0 Å². The average Bonchev–Trinajstić information content (AvgIpc) is 2.37. The second-order valence-electron chi connectivity index (χ2n) is 4.33. The van der Waals surface area contributed by atoms with Crippen LogP contribution in [0.15, 0.2) is 18.2 Å². The maximum absolute atomic E-state index is 11.4. The Hall–Kier alpha value is -1.26. The Morgan fingerprint density at radius 1 is 1.47 bits per heavy atom. The van der Waals surface area contributed by atoms with Gasteiger partial charge in [-0.05, 0) is 31.5 Å². The second-order valence-corrected chi connectivity index (χ2v) is 4.77. The van der Waals surface area contributed by atoms with Crippen LogP contribution < -0.4 is 10.5 Å². The minimum absolute atomic E-state index is 0.120. The first-order chi connectivity index (χ1) is 9.04. The van der Waals surface area contributed by atoms with Crippen LogP contribution in [0, 0.1) is 0 Å². The molecule has 0 radical (unpaired) electrons. The van der Waals surface area contributed by atoms with Gasteiger partial charge < -0.3 is 15.2 Å². The number of nitrogens with two attached hydrogens (primary N) is 1. The summed E-state index contributed by atoms with van der Waals surface area (Å²) in [5.41, 5.74) is 6.61. The van der Waals surface area contributed by atoms with Crippen molar-refractivity contribution in [2.24, 2.45) is 5.73 Å². The third kappa shape index (κ3) is 5.49. The van der Waals surface area contributed by atoms with Crippen molar-refractivity contribution in [3.05, 3.63) is 28.8 Å². The molecule has 1 aromatic carbocycles. The molecule has 1 rings (SSSR count). The van der Waals surface area contributed by atoms with Crippen LogP contribution in [0.4, 0.5) is 0 Å². The van der Waals surface area contributed by atoms with Crippen molar-refractivity contribution >= 4 is 17.6 Å². The fourth-order valence-electron chi connectivity index (χ4n) is 1.52. The highest BCUT2D eigenvalue weighted by Crippen LogP contribution is 2.27. The highest BCUT2D eigenvalue weighted by Gasteiger charge is 2.11. The molecule has 0 aliphatic carbocycles. The summed E-state index contributed by atoms with van der Waals surface area (Å²) >= 11 is 5.91. The van der Waals surface area contributed by atoms with Crippen LogP contribution in [-0.2, 0) is 9.53 Å². The molecule has 0 saturated heterocycles. The highest BCUT2D eigenvalue weighted by molar-refractivity contribution is 6.30. The lowest BCUT2D eigenvalue weighted by Crippen LogP contribution is -2.17. The number of halogens is 1. The molecule has 0 amide bonds. The largest absolute Gasteiger partial charge is 0.482 e. The summed E-state index contributed by atoms with van der Waals surface area (Å²) in [7, 11) is 0. The topological polar surface area (TPSA) is 61.5 Å². The van der Waals surface area contributed by atoms with Gasteiger partial charge in [0.15, 0.2) is 6.61 Å². The summed E-state index contributed by atoms with van der Waals surface area (Å²) < 4.78 is 10.4. The quantitative estimate of drug-likeness (QED) is 0.618. The third-order valence-corrected chi connectivity index (χ3v) is 2.80. The number of esters is 1. The lowest BCUT2D eigenvalue weighted by Gasteiger charge is -2.14.